The molecule has 3 unspecified atom stereocenters. The largest absolute Gasteiger partial charge is 0.389 e. The monoisotopic (exact) mass is 238 g/mol. The van der Waals surface area contributed by atoms with Crippen LogP contribution in [0.3, 0.4) is 0 Å². The third-order valence-electron chi connectivity index (χ3n) is 5.64. The van der Waals surface area contributed by atoms with E-state index in [1.165, 1.54) is 38.5 Å². The molecule has 0 aromatic heterocycles. The summed E-state index contributed by atoms with van der Waals surface area (Å²) in [6, 6.07) is 0. The summed E-state index contributed by atoms with van der Waals surface area (Å²) in [5.41, 5.74) is -0.277. The molecule has 0 saturated heterocycles. The molecule has 2 aliphatic rings. The topological polar surface area (TPSA) is 20.2 Å². The van der Waals surface area contributed by atoms with Crippen molar-refractivity contribution in [3.8, 4) is 0 Å². The van der Waals surface area contributed by atoms with Crippen LogP contribution in [-0.2, 0) is 0 Å². The van der Waals surface area contributed by atoms with Gasteiger partial charge in [-0.05, 0) is 55.3 Å². The molecule has 0 bridgehead atoms. The van der Waals surface area contributed by atoms with Crippen LogP contribution in [0.15, 0.2) is 0 Å². The maximum Gasteiger partial charge on any atom is 0.0726 e. The van der Waals surface area contributed by atoms with Crippen LogP contribution in [0.2, 0.25) is 0 Å². The smallest absolute Gasteiger partial charge is 0.0726 e. The third-order valence-corrected chi connectivity index (χ3v) is 5.64. The maximum atomic E-state index is 11.3. The first kappa shape index (κ1) is 13.4. The van der Waals surface area contributed by atoms with Gasteiger partial charge in [-0.3, -0.25) is 0 Å². The van der Waals surface area contributed by atoms with Crippen molar-refractivity contribution in [2.45, 2.75) is 78.2 Å². The van der Waals surface area contributed by atoms with Gasteiger partial charge in [0.05, 0.1) is 5.60 Å². The average molecular weight is 238 g/mol. The third kappa shape index (κ3) is 2.41. The summed E-state index contributed by atoms with van der Waals surface area (Å²) in [5.74, 6) is 2.13. The van der Waals surface area contributed by atoms with Crippen molar-refractivity contribution in [1.29, 1.82) is 0 Å². The van der Waals surface area contributed by atoms with Crippen molar-refractivity contribution in [2.75, 3.05) is 0 Å². The second-order valence-corrected chi connectivity index (χ2v) is 7.63. The Bertz CT molecular complexity index is 261. The lowest BCUT2D eigenvalue weighted by Crippen LogP contribution is -2.54. The van der Waals surface area contributed by atoms with Gasteiger partial charge in [-0.2, -0.15) is 0 Å². The fourth-order valence-corrected chi connectivity index (χ4v) is 4.61. The molecule has 0 aromatic rings. The van der Waals surface area contributed by atoms with Crippen molar-refractivity contribution in [3.63, 3.8) is 0 Å². The zero-order valence-corrected chi connectivity index (χ0v) is 12.1. The van der Waals surface area contributed by atoms with Crippen molar-refractivity contribution < 1.29 is 5.11 Å². The van der Waals surface area contributed by atoms with E-state index in [4.69, 9.17) is 0 Å². The van der Waals surface area contributed by atoms with E-state index < -0.39 is 5.60 Å². The van der Waals surface area contributed by atoms with Crippen molar-refractivity contribution in [2.24, 2.45) is 23.2 Å². The minimum Gasteiger partial charge on any atom is -0.389 e. The van der Waals surface area contributed by atoms with Gasteiger partial charge in [0.1, 0.15) is 0 Å². The standard InChI is InChI=1S/C16H30O/c1-12-9-13(2)11-14(10-12)16(17)8-6-5-7-15(16,3)4/h12-14,17H,5-11H2,1-4H3. The Morgan fingerprint density at radius 1 is 0.882 bits per heavy atom. The summed E-state index contributed by atoms with van der Waals surface area (Å²) in [5, 5.41) is 11.3. The second kappa shape index (κ2) is 4.57. The Hall–Kier alpha value is -0.0400. The van der Waals surface area contributed by atoms with E-state index in [0.29, 0.717) is 5.92 Å². The second-order valence-electron chi connectivity index (χ2n) is 7.63. The molecule has 2 fully saturated rings. The van der Waals surface area contributed by atoms with Crippen LogP contribution in [0, 0.1) is 23.2 Å². The molecular formula is C16H30O. The highest BCUT2D eigenvalue weighted by molar-refractivity contribution is 5.02. The highest BCUT2D eigenvalue weighted by Crippen LogP contribution is 2.52. The molecular weight excluding hydrogens is 208 g/mol. The summed E-state index contributed by atoms with van der Waals surface area (Å²) in [6.45, 7) is 9.30. The molecule has 0 spiro atoms. The number of aliphatic hydroxyl groups is 1. The van der Waals surface area contributed by atoms with Gasteiger partial charge in [0.25, 0.3) is 0 Å². The summed E-state index contributed by atoms with van der Waals surface area (Å²) in [6.07, 6.45) is 8.58. The zero-order chi connectivity index (χ0) is 12.7. The van der Waals surface area contributed by atoms with Gasteiger partial charge < -0.3 is 5.11 Å². The normalized spacial score (nSPS) is 46.8. The first-order valence-corrected chi connectivity index (χ1v) is 7.57. The Kier molecular flexibility index (Phi) is 3.60. The van der Waals surface area contributed by atoms with Crippen LogP contribution in [0.5, 0.6) is 0 Å². The Morgan fingerprint density at radius 2 is 1.41 bits per heavy atom. The highest BCUT2D eigenvalue weighted by Gasteiger charge is 2.51. The molecule has 1 heteroatoms. The molecule has 0 aliphatic heterocycles. The Labute approximate surface area is 107 Å². The van der Waals surface area contributed by atoms with Gasteiger partial charge in [-0.15, -0.1) is 0 Å². The first-order chi connectivity index (χ1) is 7.85. The van der Waals surface area contributed by atoms with Gasteiger partial charge >= 0.3 is 0 Å². The van der Waals surface area contributed by atoms with Crippen molar-refractivity contribution in [3.05, 3.63) is 0 Å². The van der Waals surface area contributed by atoms with Gasteiger partial charge in [-0.1, -0.05) is 40.5 Å². The van der Waals surface area contributed by atoms with E-state index in [9.17, 15) is 5.11 Å². The molecule has 0 radical (unpaired) electrons. The van der Waals surface area contributed by atoms with Crippen LogP contribution in [0.4, 0.5) is 0 Å². The van der Waals surface area contributed by atoms with E-state index >= 15 is 0 Å². The average Bonchev–Trinajstić information content (AvgIpc) is 2.21. The molecule has 0 amide bonds. The lowest BCUT2D eigenvalue weighted by atomic mass is 9.56. The molecule has 1 nitrogen and oxygen atoms in total. The maximum absolute atomic E-state index is 11.3. The van der Waals surface area contributed by atoms with Crippen molar-refractivity contribution in [1.82, 2.24) is 0 Å². The molecule has 17 heavy (non-hydrogen) atoms. The fourth-order valence-electron chi connectivity index (χ4n) is 4.61. The van der Waals surface area contributed by atoms with Gasteiger partial charge in [0.2, 0.25) is 0 Å². The fraction of sp³-hybridized carbons (Fsp3) is 1.00. The lowest BCUT2D eigenvalue weighted by molar-refractivity contribution is -0.153. The van der Waals surface area contributed by atoms with E-state index in [1.807, 2.05) is 0 Å². The Balaban J connectivity index is 2.18. The van der Waals surface area contributed by atoms with E-state index in [0.717, 1.165) is 18.3 Å². The molecule has 2 aliphatic carbocycles. The summed E-state index contributed by atoms with van der Waals surface area (Å²) >= 11 is 0. The van der Waals surface area contributed by atoms with E-state index in [-0.39, 0.29) is 5.41 Å². The van der Waals surface area contributed by atoms with Crippen LogP contribution >= 0.6 is 0 Å². The quantitative estimate of drug-likeness (QED) is 0.718. The van der Waals surface area contributed by atoms with Crippen LogP contribution < -0.4 is 0 Å². The SMILES string of the molecule is CC1CC(C)CC(C2(O)CCCCC2(C)C)C1. The molecule has 1 N–H and O–H groups in total. The van der Waals surface area contributed by atoms with Crippen LogP contribution in [0.25, 0.3) is 0 Å². The van der Waals surface area contributed by atoms with Gasteiger partial charge in [0.15, 0.2) is 0 Å². The molecule has 2 saturated carbocycles. The number of hydrogen-bond acceptors (Lipinski definition) is 1. The molecule has 0 heterocycles. The minimum atomic E-state index is -0.395. The van der Waals surface area contributed by atoms with Gasteiger partial charge in [0, 0.05) is 0 Å². The molecule has 0 aromatic carbocycles. The summed E-state index contributed by atoms with van der Waals surface area (Å²) in [7, 11) is 0. The predicted molar refractivity (Wildman–Crippen MR) is 72.9 cm³/mol. The predicted octanol–water partition coefficient (Wildman–Crippen LogP) is 4.39. The van der Waals surface area contributed by atoms with Crippen LogP contribution in [0.1, 0.15) is 72.6 Å². The summed E-state index contributed by atoms with van der Waals surface area (Å²) in [4.78, 5) is 0. The van der Waals surface area contributed by atoms with Crippen molar-refractivity contribution >= 4 is 0 Å². The molecule has 2 rings (SSSR count). The number of hydrogen-bond donors (Lipinski definition) is 1. The summed E-state index contributed by atoms with van der Waals surface area (Å²) < 4.78 is 0. The lowest BCUT2D eigenvalue weighted by Gasteiger charge is -2.53. The molecule has 100 valence electrons. The number of rotatable bonds is 1. The molecule has 3 atom stereocenters. The highest BCUT2D eigenvalue weighted by atomic mass is 16.3. The van der Waals surface area contributed by atoms with E-state index in [2.05, 4.69) is 27.7 Å². The van der Waals surface area contributed by atoms with E-state index in [1.54, 1.807) is 0 Å². The zero-order valence-electron chi connectivity index (χ0n) is 12.1. The Morgan fingerprint density at radius 3 is 1.94 bits per heavy atom. The first-order valence-electron chi connectivity index (χ1n) is 7.57. The minimum absolute atomic E-state index is 0.118. The van der Waals surface area contributed by atoms with Crippen LogP contribution in [-0.4, -0.2) is 10.7 Å². The van der Waals surface area contributed by atoms with Gasteiger partial charge in [-0.25, -0.2) is 0 Å².